The van der Waals surface area contributed by atoms with Gasteiger partial charge >= 0.3 is 0 Å². The highest BCUT2D eigenvalue weighted by Crippen LogP contribution is 2.07. The first-order valence-corrected chi connectivity index (χ1v) is 4.87. The van der Waals surface area contributed by atoms with Crippen molar-refractivity contribution in [2.24, 2.45) is 0 Å². The van der Waals surface area contributed by atoms with Gasteiger partial charge in [0.15, 0.2) is 0 Å². The molecule has 0 bridgehead atoms. The molecule has 74 valence electrons. The van der Waals surface area contributed by atoms with Crippen molar-refractivity contribution in [2.45, 2.75) is 20.8 Å². The summed E-state index contributed by atoms with van der Waals surface area (Å²) in [5.74, 6) is 0. The Balaban J connectivity index is 0.000000671. The van der Waals surface area contributed by atoms with Crippen LogP contribution >= 0.6 is 0 Å². The van der Waals surface area contributed by atoms with Gasteiger partial charge in [0.2, 0.25) is 0 Å². The highest BCUT2D eigenvalue weighted by molar-refractivity contribution is 5.43. The maximum atomic E-state index is 3.20. The third kappa shape index (κ3) is 4.53. The lowest BCUT2D eigenvalue weighted by atomic mass is 10.3. The third-order valence-electron chi connectivity index (χ3n) is 1.54. The van der Waals surface area contributed by atoms with Crippen LogP contribution in [0, 0.1) is 0 Å². The molecule has 1 rings (SSSR count). The molecule has 2 nitrogen and oxygen atoms in total. The van der Waals surface area contributed by atoms with Gasteiger partial charge in [0.1, 0.15) is 0 Å². The second kappa shape index (κ2) is 7.62. The van der Waals surface area contributed by atoms with Crippen molar-refractivity contribution in [3.8, 4) is 0 Å². The van der Waals surface area contributed by atoms with Crippen molar-refractivity contribution in [1.29, 1.82) is 0 Å². The lowest BCUT2D eigenvalue weighted by molar-refractivity contribution is 0.709. The average molecular weight is 180 g/mol. The molecule has 13 heavy (non-hydrogen) atoms. The zero-order valence-electron chi connectivity index (χ0n) is 9.04. The van der Waals surface area contributed by atoms with Crippen LogP contribution in [0.2, 0.25) is 0 Å². The Morgan fingerprint density at radius 1 is 1.15 bits per heavy atom. The SMILES string of the molecule is CC.CCNN(C)c1ccccc1. The van der Waals surface area contributed by atoms with E-state index in [2.05, 4.69) is 24.5 Å². The first kappa shape index (κ1) is 12.0. The number of nitrogens with zero attached hydrogens (tertiary/aromatic N) is 1. The number of nitrogens with one attached hydrogen (secondary N) is 1. The number of hydrazine groups is 1. The quantitative estimate of drug-likeness (QED) is 0.719. The summed E-state index contributed by atoms with van der Waals surface area (Å²) >= 11 is 0. The smallest absolute Gasteiger partial charge is 0.0516 e. The van der Waals surface area contributed by atoms with Gasteiger partial charge < -0.3 is 5.01 Å². The minimum absolute atomic E-state index is 0.950. The van der Waals surface area contributed by atoms with Crippen molar-refractivity contribution < 1.29 is 0 Å². The predicted molar refractivity (Wildman–Crippen MR) is 59.9 cm³/mol. The van der Waals surface area contributed by atoms with Gasteiger partial charge in [0, 0.05) is 13.6 Å². The lowest BCUT2D eigenvalue weighted by Gasteiger charge is -2.18. The number of rotatable bonds is 3. The molecule has 0 unspecified atom stereocenters. The summed E-state index contributed by atoms with van der Waals surface area (Å²) in [7, 11) is 2.01. The van der Waals surface area contributed by atoms with Crippen LogP contribution in [0.3, 0.4) is 0 Å². The van der Waals surface area contributed by atoms with E-state index in [1.54, 1.807) is 0 Å². The normalized spacial score (nSPS) is 8.62. The van der Waals surface area contributed by atoms with E-state index in [-0.39, 0.29) is 0 Å². The molecule has 0 saturated carbocycles. The second-order valence-electron chi connectivity index (χ2n) is 2.41. The van der Waals surface area contributed by atoms with E-state index in [1.165, 1.54) is 5.69 Å². The van der Waals surface area contributed by atoms with Gasteiger partial charge in [-0.25, -0.2) is 5.43 Å². The Hall–Kier alpha value is -1.02. The van der Waals surface area contributed by atoms with Gasteiger partial charge in [-0.1, -0.05) is 39.0 Å². The van der Waals surface area contributed by atoms with Crippen LogP contribution in [-0.2, 0) is 0 Å². The van der Waals surface area contributed by atoms with Crippen LogP contribution in [0.25, 0.3) is 0 Å². The van der Waals surface area contributed by atoms with Gasteiger partial charge in [-0.3, -0.25) is 0 Å². The monoisotopic (exact) mass is 180 g/mol. The van der Waals surface area contributed by atoms with Gasteiger partial charge in [0.05, 0.1) is 5.69 Å². The van der Waals surface area contributed by atoms with Gasteiger partial charge in [-0.15, -0.1) is 0 Å². The van der Waals surface area contributed by atoms with Crippen LogP contribution in [0.5, 0.6) is 0 Å². The fourth-order valence-electron chi connectivity index (χ4n) is 0.980. The van der Waals surface area contributed by atoms with Crippen LogP contribution < -0.4 is 10.4 Å². The molecular formula is C11H20N2. The summed E-state index contributed by atoms with van der Waals surface area (Å²) < 4.78 is 0. The van der Waals surface area contributed by atoms with Gasteiger partial charge in [-0.2, -0.15) is 0 Å². The highest BCUT2D eigenvalue weighted by Gasteiger charge is 1.94. The van der Waals surface area contributed by atoms with Crippen LogP contribution in [-0.4, -0.2) is 13.6 Å². The molecule has 2 heteroatoms. The number of anilines is 1. The summed E-state index contributed by atoms with van der Waals surface area (Å²) in [6.07, 6.45) is 0. The predicted octanol–water partition coefficient (Wildman–Crippen LogP) is 2.67. The third-order valence-corrected chi connectivity index (χ3v) is 1.54. The largest absolute Gasteiger partial charge is 0.312 e. The minimum Gasteiger partial charge on any atom is -0.312 e. The first-order chi connectivity index (χ1) is 6.34. The zero-order valence-corrected chi connectivity index (χ0v) is 9.04. The van der Waals surface area contributed by atoms with E-state index < -0.39 is 0 Å². The molecule has 0 aliphatic rings. The second-order valence-corrected chi connectivity index (χ2v) is 2.41. The van der Waals surface area contributed by atoms with Crippen molar-refractivity contribution >= 4 is 5.69 Å². The van der Waals surface area contributed by atoms with E-state index in [0.29, 0.717) is 0 Å². The summed E-state index contributed by atoms with van der Waals surface area (Å²) in [6.45, 7) is 7.03. The number of hydrogen-bond donors (Lipinski definition) is 1. The van der Waals surface area contributed by atoms with E-state index in [4.69, 9.17) is 0 Å². The number of benzene rings is 1. The summed E-state index contributed by atoms with van der Waals surface area (Å²) in [4.78, 5) is 0. The Morgan fingerprint density at radius 2 is 1.69 bits per heavy atom. The van der Waals surface area contributed by atoms with Crippen LogP contribution in [0.15, 0.2) is 30.3 Å². The summed E-state index contributed by atoms with van der Waals surface area (Å²) in [5, 5.41) is 2.01. The Morgan fingerprint density at radius 3 is 2.15 bits per heavy atom. The Labute approximate surface area is 81.5 Å². The molecule has 1 aromatic rings. The molecule has 0 radical (unpaired) electrons. The molecule has 0 spiro atoms. The van der Waals surface area contributed by atoms with Crippen molar-refractivity contribution in [3.63, 3.8) is 0 Å². The maximum absolute atomic E-state index is 3.20. The standard InChI is InChI=1S/C9H14N2.C2H6/c1-3-10-11(2)9-7-5-4-6-8-9;1-2/h4-8,10H,3H2,1-2H3;1-2H3. The molecule has 0 heterocycles. The van der Waals surface area contributed by atoms with E-state index >= 15 is 0 Å². The molecular weight excluding hydrogens is 160 g/mol. The van der Waals surface area contributed by atoms with Crippen LogP contribution in [0.4, 0.5) is 5.69 Å². The van der Waals surface area contributed by atoms with Gasteiger partial charge in [0.25, 0.3) is 0 Å². The zero-order chi connectivity index (χ0) is 10.1. The molecule has 1 N–H and O–H groups in total. The van der Waals surface area contributed by atoms with Crippen molar-refractivity contribution in [2.75, 3.05) is 18.6 Å². The average Bonchev–Trinajstić information content (AvgIpc) is 2.23. The summed E-state index contributed by atoms with van der Waals surface area (Å²) in [6, 6.07) is 10.2. The molecule has 0 atom stereocenters. The lowest BCUT2D eigenvalue weighted by Crippen LogP contribution is -2.33. The Kier molecular flexibility index (Phi) is 7.02. The molecule has 0 aliphatic heterocycles. The highest BCUT2D eigenvalue weighted by atomic mass is 15.5. The van der Waals surface area contributed by atoms with E-state index in [0.717, 1.165) is 6.54 Å². The number of hydrogen-bond acceptors (Lipinski definition) is 2. The van der Waals surface area contributed by atoms with Crippen molar-refractivity contribution in [1.82, 2.24) is 5.43 Å². The molecule has 1 aromatic carbocycles. The first-order valence-electron chi connectivity index (χ1n) is 4.87. The summed E-state index contributed by atoms with van der Waals surface area (Å²) in [5.41, 5.74) is 4.38. The maximum Gasteiger partial charge on any atom is 0.0516 e. The molecule has 0 aliphatic carbocycles. The van der Waals surface area contributed by atoms with Gasteiger partial charge in [-0.05, 0) is 12.1 Å². The fraction of sp³-hybridized carbons (Fsp3) is 0.455. The van der Waals surface area contributed by atoms with Crippen molar-refractivity contribution in [3.05, 3.63) is 30.3 Å². The molecule has 0 fully saturated rings. The molecule has 0 aromatic heterocycles. The van der Waals surface area contributed by atoms with E-state index in [1.807, 2.05) is 44.1 Å². The number of para-hydroxylation sites is 1. The van der Waals surface area contributed by atoms with Crippen LogP contribution in [0.1, 0.15) is 20.8 Å². The minimum atomic E-state index is 0.950. The Bertz CT molecular complexity index is 197. The fourth-order valence-corrected chi connectivity index (χ4v) is 0.980. The van der Waals surface area contributed by atoms with E-state index in [9.17, 15) is 0 Å². The topological polar surface area (TPSA) is 15.3 Å². The molecule has 0 saturated heterocycles. The molecule has 0 amide bonds.